The highest BCUT2D eigenvalue weighted by Gasteiger charge is 2.11. The van der Waals surface area contributed by atoms with Gasteiger partial charge < -0.3 is 0 Å². The van der Waals surface area contributed by atoms with Crippen LogP contribution in [0.5, 0.6) is 0 Å². The minimum absolute atomic E-state index is 0.0294. The predicted octanol–water partition coefficient (Wildman–Crippen LogP) is 2.99. The monoisotopic (exact) mass is 396 g/mol. The Hall–Kier alpha value is -1.50. The van der Waals surface area contributed by atoms with E-state index >= 15 is 0 Å². The summed E-state index contributed by atoms with van der Waals surface area (Å²) >= 11 is 1.93. The molecular weight excluding hydrogens is 379 g/mol. The molecule has 0 amide bonds. The van der Waals surface area contributed by atoms with Crippen molar-refractivity contribution in [3.63, 3.8) is 0 Å². The molecule has 0 aliphatic rings. The Morgan fingerprint density at radius 3 is 2.57 bits per heavy atom. The first-order valence-corrected chi connectivity index (χ1v) is 7.95. The molecular formula is C16H17IN2O2. The molecule has 1 aromatic heterocycles. The maximum Gasteiger partial charge on any atom is 0.267 e. The SMILES string of the molecule is CCCc1ccc(C(=O)Cn2c(C)ncc(I)c2=O)cc1. The van der Waals surface area contributed by atoms with E-state index in [1.54, 1.807) is 6.92 Å². The molecule has 0 bridgehead atoms. The molecule has 5 heteroatoms. The number of halogens is 1. The number of rotatable bonds is 5. The highest BCUT2D eigenvalue weighted by molar-refractivity contribution is 14.1. The Bertz CT molecular complexity index is 705. The largest absolute Gasteiger partial charge is 0.292 e. The minimum atomic E-state index is -0.168. The van der Waals surface area contributed by atoms with Crippen LogP contribution in [-0.2, 0) is 13.0 Å². The molecule has 2 aromatic rings. The molecule has 21 heavy (non-hydrogen) atoms. The van der Waals surface area contributed by atoms with Gasteiger partial charge in [0, 0.05) is 11.8 Å². The normalized spacial score (nSPS) is 10.6. The van der Waals surface area contributed by atoms with Crippen molar-refractivity contribution < 1.29 is 4.79 Å². The summed E-state index contributed by atoms with van der Waals surface area (Å²) in [7, 11) is 0. The van der Waals surface area contributed by atoms with Crippen LogP contribution < -0.4 is 5.56 Å². The van der Waals surface area contributed by atoms with E-state index in [0.717, 1.165) is 12.8 Å². The number of carbonyl (C=O) groups excluding carboxylic acids is 1. The topological polar surface area (TPSA) is 52.0 Å². The molecule has 0 fully saturated rings. The van der Waals surface area contributed by atoms with Gasteiger partial charge in [-0.25, -0.2) is 4.98 Å². The molecule has 110 valence electrons. The van der Waals surface area contributed by atoms with Gasteiger partial charge >= 0.3 is 0 Å². The summed E-state index contributed by atoms with van der Waals surface area (Å²) in [5.74, 6) is 0.475. The first-order valence-electron chi connectivity index (χ1n) is 6.87. The zero-order chi connectivity index (χ0) is 15.4. The second-order valence-electron chi connectivity index (χ2n) is 4.91. The van der Waals surface area contributed by atoms with E-state index in [9.17, 15) is 9.59 Å². The Balaban J connectivity index is 2.22. The average Bonchev–Trinajstić information content (AvgIpc) is 2.48. The third-order valence-corrected chi connectivity index (χ3v) is 4.06. The quantitative estimate of drug-likeness (QED) is 0.577. The minimum Gasteiger partial charge on any atom is -0.292 e. The van der Waals surface area contributed by atoms with Gasteiger partial charge in [-0.3, -0.25) is 14.2 Å². The van der Waals surface area contributed by atoms with Gasteiger partial charge in [0.15, 0.2) is 5.78 Å². The summed E-state index contributed by atoms with van der Waals surface area (Å²) in [5, 5.41) is 0. The van der Waals surface area contributed by atoms with Crippen molar-refractivity contribution in [3.8, 4) is 0 Å². The molecule has 2 rings (SSSR count). The number of ketones is 1. The zero-order valence-electron chi connectivity index (χ0n) is 12.1. The van der Waals surface area contributed by atoms with Crippen LogP contribution in [-0.4, -0.2) is 15.3 Å². The Morgan fingerprint density at radius 1 is 1.29 bits per heavy atom. The van der Waals surface area contributed by atoms with Gasteiger partial charge in [-0.05, 0) is 41.5 Å². The summed E-state index contributed by atoms with van der Waals surface area (Å²) in [6.45, 7) is 3.88. The first-order chi connectivity index (χ1) is 10.0. The molecule has 0 radical (unpaired) electrons. The molecule has 1 aromatic carbocycles. The predicted molar refractivity (Wildman–Crippen MR) is 90.7 cm³/mol. The second kappa shape index (κ2) is 6.98. The molecule has 4 nitrogen and oxygen atoms in total. The van der Waals surface area contributed by atoms with Gasteiger partial charge in [0.25, 0.3) is 5.56 Å². The molecule has 0 atom stereocenters. The van der Waals surface area contributed by atoms with E-state index in [2.05, 4.69) is 11.9 Å². The lowest BCUT2D eigenvalue weighted by molar-refractivity contribution is 0.0969. The lowest BCUT2D eigenvalue weighted by Gasteiger charge is -2.09. The van der Waals surface area contributed by atoms with E-state index < -0.39 is 0 Å². The van der Waals surface area contributed by atoms with Gasteiger partial charge in [0.2, 0.25) is 0 Å². The number of nitrogens with zero attached hydrogens (tertiary/aromatic N) is 2. The van der Waals surface area contributed by atoms with Crippen molar-refractivity contribution in [2.45, 2.75) is 33.2 Å². The molecule has 0 aliphatic carbocycles. The summed E-state index contributed by atoms with van der Waals surface area (Å²) in [6.07, 6.45) is 3.61. The molecule has 1 heterocycles. The van der Waals surface area contributed by atoms with E-state index in [1.165, 1.54) is 16.3 Å². The summed E-state index contributed by atoms with van der Waals surface area (Å²) in [6, 6.07) is 7.60. The van der Waals surface area contributed by atoms with E-state index in [-0.39, 0.29) is 17.9 Å². The standard InChI is InChI=1S/C16H17IN2O2/c1-3-4-12-5-7-13(8-6-12)15(20)10-19-11(2)18-9-14(17)16(19)21/h5-9H,3-4,10H2,1-2H3. The van der Waals surface area contributed by atoms with Crippen LogP contribution in [0.25, 0.3) is 0 Å². The van der Waals surface area contributed by atoms with Crippen LogP contribution in [0.4, 0.5) is 0 Å². The second-order valence-corrected chi connectivity index (χ2v) is 6.08. The summed E-state index contributed by atoms with van der Waals surface area (Å²) < 4.78 is 1.94. The van der Waals surface area contributed by atoms with Crippen molar-refractivity contribution >= 4 is 28.4 Å². The lowest BCUT2D eigenvalue weighted by atomic mass is 10.1. The van der Waals surface area contributed by atoms with Gasteiger partial charge in [0.1, 0.15) is 5.82 Å². The number of Topliss-reactive ketones (excluding diaryl/α,β-unsaturated/α-hetero) is 1. The van der Waals surface area contributed by atoms with Crippen molar-refractivity contribution in [1.29, 1.82) is 0 Å². The van der Waals surface area contributed by atoms with Gasteiger partial charge in [0.05, 0.1) is 10.1 Å². The fourth-order valence-electron chi connectivity index (χ4n) is 2.12. The van der Waals surface area contributed by atoms with Crippen LogP contribution in [0, 0.1) is 10.5 Å². The number of hydrogen-bond donors (Lipinski definition) is 0. The van der Waals surface area contributed by atoms with E-state index in [1.807, 2.05) is 46.9 Å². The van der Waals surface area contributed by atoms with Crippen molar-refractivity contribution in [2.75, 3.05) is 0 Å². The molecule has 0 spiro atoms. The molecule has 0 saturated heterocycles. The Kier molecular flexibility index (Phi) is 5.27. The maximum atomic E-state index is 12.3. The van der Waals surface area contributed by atoms with Crippen molar-refractivity contribution in [1.82, 2.24) is 9.55 Å². The van der Waals surface area contributed by atoms with Crippen LogP contribution >= 0.6 is 22.6 Å². The number of benzene rings is 1. The number of hydrogen-bond acceptors (Lipinski definition) is 3. The third-order valence-electron chi connectivity index (χ3n) is 3.32. The smallest absolute Gasteiger partial charge is 0.267 e. The fraction of sp³-hybridized carbons (Fsp3) is 0.312. The Morgan fingerprint density at radius 2 is 1.95 bits per heavy atom. The highest BCUT2D eigenvalue weighted by Crippen LogP contribution is 2.08. The summed E-state index contributed by atoms with van der Waals surface area (Å²) in [4.78, 5) is 28.5. The third kappa shape index (κ3) is 3.78. The van der Waals surface area contributed by atoms with Crippen LogP contribution in [0.2, 0.25) is 0 Å². The van der Waals surface area contributed by atoms with Gasteiger partial charge in [-0.15, -0.1) is 0 Å². The van der Waals surface area contributed by atoms with Gasteiger partial charge in [-0.2, -0.15) is 0 Å². The molecule has 0 unspecified atom stereocenters. The first kappa shape index (κ1) is 15.9. The maximum absolute atomic E-state index is 12.3. The Labute approximate surface area is 137 Å². The number of aryl methyl sites for hydroxylation is 2. The van der Waals surface area contributed by atoms with Crippen LogP contribution in [0.3, 0.4) is 0 Å². The zero-order valence-corrected chi connectivity index (χ0v) is 14.3. The highest BCUT2D eigenvalue weighted by atomic mass is 127. The van der Waals surface area contributed by atoms with Crippen LogP contribution in [0.15, 0.2) is 35.3 Å². The fourth-order valence-corrected chi connectivity index (χ4v) is 2.55. The van der Waals surface area contributed by atoms with Crippen molar-refractivity contribution in [2.24, 2.45) is 0 Å². The molecule has 0 saturated carbocycles. The van der Waals surface area contributed by atoms with Gasteiger partial charge in [-0.1, -0.05) is 37.6 Å². The van der Waals surface area contributed by atoms with Crippen molar-refractivity contribution in [3.05, 3.63) is 61.3 Å². The van der Waals surface area contributed by atoms with Crippen LogP contribution in [0.1, 0.15) is 35.1 Å². The number of aromatic nitrogens is 2. The lowest BCUT2D eigenvalue weighted by Crippen LogP contribution is -2.28. The summed E-state index contributed by atoms with van der Waals surface area (Å²) in [5.41, 5.74) is 1.68. The molecule has 0 aliphatic heterocycles. The average molecular weight is 396 g/mol. The van der Waals surface area contributed by atoms with E-state index in [0.29, 0.717) is 15.0 Å². The van der Waals surface area contributed by atoms with E-state index in [4.69, 9.17) is 0 Å². The molecule has 0 N–H and O–H groups in total. The number of carbonyl (C=O) groups is 1.